The second kappa shape index (κ2) is 7.76. The fraction of sp³-hybridized carbons (Fsp3) is 0.500. The fourth-order valence-corrected chi connectivity index (χ4v) is 3.54. The van der Waals surface area contributed by atoms with Crippen molar-refractivity contribution in [3.63, 3.8) is 0 Å². The van der Waals surface area contributed by atoms with Crippen LogP contribution >= 0.6 is 0 Å². The molecule has 0 radical (unpaired) electrons. The van der Waals surface area contributed by atoms with Gasteiger partial charge >= 0.3 is 0 Å². The second-order valence-corrected chi connectivity index (χ2v) is 6.63. The molecule has 25 heavy (non-hydrogen) atoms. The summed E-state index contributed by atoms with van der Waals surface area (Å²) in [6.07, 6.45) is 3.28. The number of methoxy groups -OCH3 is 1. The number of nitrogens with zero attached hydrogens (tertiary/aromatic N) is 4. The van der Waals surface area contributed by atoms with Gasteiger partial charge in [-0.25, -0.2) is 0 Å². The molecule has 7 heteroatoms. The molecule has 0 amide bonds. The number of hydrogen-bond acceptors (Lipinski definition) is 6. The van der Waals surface area contributed by atoms with Crippen molar-refractivity contribution in [2.45, 2.75) is 6.92 Å². The number of nitro groups is 1. The SMILES string of the molecule is COC[C@H](C)CN1CCN(c2ccc([N+](=O)[O-])c3cnccc23)CC1. The summed E-state index contributed by atoms with van der Waals surface area (Å²) in [5, 5.41) is 12.7. The van der Waals surface area contributed by atoms with Crippen LogP contribution in [0, 0.1) is 16.0 Å². The number of benzene rings is 1. The fourth-order valence-electron chi connectivity index (χ4n) is 3.54. The van der Waals surface area contributed by atoms with Crippen molar-refractivity contribution >= 4 is 22.1 Å². The summed E-state index contributed by atoms with van der Waals surface area (Å²) in [7, 11) is 1.74. The number of ether oxygens (including phenoxy) is 1. The molecule has 7 nitrogen and oxygen atoms in total. The van der Waals surface area contributed by atoms with Crippen LogP contribution in [0.15, 0.2) is 30.6 Å². The van der Waals surface area contributed by atoms with E-state index in [4.69, 9.17) is 4.74 Å². The van der Waals surface area contributed by atoms with E-state index < -0.39 is 0 Å². The number of pyridine rings is 1. The van der Waals surface area contributed by atoms with Crippen molar-refractivity contribution in [2.75, 3.05) is 51.3 Å². The number of nitro benzene ring substituents is 1. The molecule has 1 aromatic heterocycles. The quantitative estimate of drug-likeness (QED) is 0.592. The van der Waals surface area contributed by atoms with Gasteiger partial charge in [-0.1, -0.05) is 6.92 Å². The van der Waals surface area contributed by atoms with E-state index in [9.17, 15) is 10.1 Å². The van der Waals surface area contributed by atoms with Crippen molar-refractivity contribution in [1.82, 2.24) is 9.88 Å². The average molecular weight is 344 g/mol. The van der Waals surface area contributed by atoms with Gasteiger partial charge in [0, 0.05) is 76.0 Å². The lowest BCUT2D eigenvalue weighted by Gasteiger charge is -2.37. The summed E-state index contributed by atoms with van der Waals surface area (Å²) in [6.45, 7) is 7.80. The van der Waals surface area contributed by atoms with Gasteiger partial charge in [0.25, 0.3) is 5.69 Å². The van der Waals surface area contributed by atoms with Crippen LogP contribution in [0.4, 0.5) is 11.4 Å². The van der Waals surface area contributed by atoms with E-state index in [1.165, 1.54) is 0 Å². The summed E-state index contributed by atoms with van der Waals surface area (Å²) in [4.78, 5) is 19.7. The lowest BCUT2D eigenvalue weighted by molar-refractivity contribution is -0.383. The lowest BCUT2D eigenvalue weighted by Crippen LogP contribution is -2.48. The Kier molecular flexibility index (Phi) is 5.45. The molecule has 2 aromatic rings. The zero-order chi connectivity index (χ0) is 17.8. The standard InChI is InChI=1S/C18H24N4O3/c1-14(13-25-2)12-20-7-9-21(10-8-20)17-3-4-18(22(23)24)16-11-19-6-5-15(16)17/h3-6,11,14H,7-10,12-13H2,1-2H3/t14-/m1/s1. The molecular formula is C18H24N4O3. The predicted octanol–water partition coefficient (Wildman–Crippen LogP) is 2.55. The van der Waals surface area contributed by atoms with Gasteiger partial charge in [0.05, 0.1) is 10.3 Å². The number of piperazine rings is 1. The van der Waals surface area contributed by atoms with Crippen molar-refractivity contribution in [3.05, 3.63) is 40.7 Å². The molecule has 0 bridgehead atoms. The van der Waals surface area contributed by atoms with Crippen LogP contribution in [0.1, 0.15) is 6.92 Å². The highest BCUT2D eigenvalue weighted by molar-refractivity contribution is 5.99. The number of fused-ring (bicyclic) bond motifs is 1. The lowest BCUT2D eigenvalue weighted by atomic mass is 10.1. The van der Waals surface area contributed by atoms with Crippen LogP contribution in [-0.2, 0) is 4.74 Å². The van der Waals surface area contributed by atoms with Gasteiger partial charge in [0.15, 0.2) is 0 Å². The molecule has 0 N–H and O–H groups in total. The number of aromatic nitrogens is 1. The first-order valence-electron chi connectivity index (χ1n) is 8.57. The largest absolute Gasteiger partial charge is 0.384 e. The maximum absolute atomic E-state index is 11.2. The summed E-state index contributed by atoms with van der Waals surface area (Å²) in [5.41, 5.74) is 1.16. The third kappa shape index (κ3) is 3.88. The number of hydrogen-bond donors (Lipinski definition) is 0. The Morgan fingerprint density at radius 3 is 2.68 bits per heavy atom. The Hall–Kier alpha value is -2.25. The summed E-state index contributed by atoms with van der Waals surface area (Å²) < 4.78 is 5.22. The first-order chi connectivity index (χ1) is 12.1. The van der Waals surface area contributed by atoms with E-state index in [1.807, 2.05) is 12.1 Å². The van der Waals surface area contributed by atoms with E-state index in [-0.39, 0.29) is 10.6 Å². The Balaban J connectivity index is 1.76. The Labute approximate surface area is 147 Å². The Morgan fingerprint density at radius 2 is 2.00 bits per heavy atom. The van der Waals surface area contributed by atoms with Crippen molar-refractivity contribution in [2.24, 2.45) is 5.92 Å². The number of non-ortho nitro benzene ring substituents is 1. The van der Waals surface area contributed by atoms with Crippen LogP contribution in [0.2, 0.25) is 0 Å². The summed E-state index contributed by atoms with van der Waals surface area (Å²) in [5.74, 6) is 0.517. The minimum Gasteiger partial charge on any atom is -0.384 e. The zero-order valence-corrected chi connectivity index (χ0v) is 14.7. The smallest absolute Gasteiger partial charge is 0.278 e. The van der Waals surface area contributed by atoms with E-state index in [2.05, 4.69) is 21.7 Å². The van der Waals surface area contributed by atoms with Crippen molar-refractivity contribution in [1.29, 1.82) is 0 Å². The van der Waals surface area contributed by atoms with Gasteiger partial charge < -0.3 is 9.64 Å². The Morgan fingerprint density at radius 1 is 1.24 bits per heavy atom. The molecule has 1 aliphatic heterocycles. The van der Waals surface area contributed by atoms with Gasteiger partial charge in [0.1, 0.15) is 0 Å². The maximum Gasteiger partial charge on any atom is 0.278 e. The van der Waals surface area contributed by atoms with Crippen LogP contribution < -0.4 is 4.90 Å². The van der Waals surface area contributed by atoms with Gasteiger partial charge in [-0.05, 0) is 18.1 Å². The zero-order valence-electron chi connectivity index (χ0n) is 14.7. The molecule has 3 rings (SSSR count). The average Bonchev–Trinajstić information content (AvgIpc) is 2.61. The third-order valence-electron chi connectivity index (χ3n) is 4.70. The molecule has 0 unspecified atom stereocenters. The first-order valence-corrected chi connectivity index (χ1v) is 8.57. The number of rotatable bonds is 6. The van der Waals surface area contributed by atoms with Crippen molar-refractivity contribution < 1.29 is 9.66 Å². The van der Waals surface area contributed by atoms with Crippen LogP contribution in [0.3, 0.4) is 0 Å². The van der Waals surface area contributed by atoms with E-state index in [0.29, 0.717) is 11.3 Å². The molecular weight excluding hydrogens is 320 g/mol. The molecule has 1 atom stereocenters. The van der Waals surface area contributed by atoms with Crippen LogP contribution in [0.25, 0.3) is 10.8 Å². The maximum atomic E-state index is 11.2. The highest BCUT2D eigenvalue weighted by Gasteiger charge is 2.22. The monoisotopic (exact) mass is 344 g/mol. The highest BCUT2D eigenvalue weighted by atomic mass is 16.6. The van der Waals surface area contributed by atoms with E-state index in [0.717, 1.165) is 50.4 Å². The van der Waals surface area contributed by atoms with Gasteiger partial charge in [-0.3, -0.25) is 20.0 Å². The first kappa shape index (κ1) is 17.6. The third-order valence-corrected chi connectivity index (χ3v) is 4.70. The Bertz CT molecular complexity index is 744. The molecule has 1 aromatic carbocycles. The molecule has 2 heterocycles. The molecule has 1 aliphatic rings. The summed E-state index contributed by atoms with van der Waals surface area (Å²) >= 11 is 0. The van der Waals surface area contributed by atoms with Gasteiger partial charge in [0.2, 0.25) is 0 Å². The van der Waals surface area contributed by atoms with E-state index in [1.54, 1.807) is 25.6 Å². The minimum absolute atomic E-state index is 0.110. The van der Waals surface area contributed by atoms with Crippen molar-refractivity contribution in [3.8, 4) is 0 Å². The van der Waals surface area contributed by atoms with Crippen LogP contribution in [-0.4, -0.2) is 61.2 Å². The topological polar surface area (TPSA) is 71.7 Å². The minimum atomic E-state index is -0.344. The molecule has 0 saturated carbocycles. The second-order valence-electron chi connectivity index (χ2n) is 6.63. The number of anilines is 1. The molecule has 0 aliphatic carbocycles. The van der Waals surface area contributed by atoms with Gasteiger partial charge in [-0.2, -0.15) is 0 Å². The molecule has 1 saturated heterocycles. The van der Waals surface area contributed by atoms with E-state index >= 15 is 0 Å². The summed E-state index contributed by atoms with van der Waals surface area (Å²) in [6, 6.07) is 5.32. The molecule has 1 fully saturated rings. The molecule has 134 valence electrons. The normalized spacial score (nSPS) is 17.0. The van der Waals surface area contributed by atoms with Crippen LogP contribution in [0.5, 0.6) is 0 Å². The highest BCUT2D eigenvalue weighted by Crippen LogP contribution is 2.33. The molecule has 0 spiro atoms. The predicted molar refractivity (Wildman–Crippen MR) is 98.1 cm³/mol. The van der Waals surface area contributed by atoms with Gasteiger partial charge in [-0.15, -0.1) is 0 Å².